The van der Waals surface area contributed by atoms with Crippen molar-refractivity contribution in [2.24, 2.45) is 0 Å². The van der Waals surface area contributed by atoms with Gasteiger partial charge in [-0.3, -0.25) is 29.2 Å². The quantitative estimate of drug-likeness (QED) is 0.333. The molecule has 172 valence electrons. The summed E-state index contributed by atoms with van der Waals surface area (Å²) in [6.07, 6.45) is 1.67. The average Bonchev–Trinajstić information content (AvgIpc) is 3.12. The van der Waals surface area contributed by atoms with Crippen LogP contribution in [-0.2, 0) is 4.79 Å². The zero-order valence-corrected chi connectivity index (χ0v) is 19.1. The fourth-order valence-corrected chi connectivity index (χ4v) is 5.14. The van der Waals surface area contributed by atoms with Gasteiger partial charge in [0, 0.05) is 11.6 Å². The molecule has 0 bridgehead atoms. The fourth-order valence-electron chi connectivity index (χ4n) is 5.14. The van der Waals surface area contributed by atoms with Crippen molar-refractivity contribution in [2.75, 3.05) is 12.0 Å². The highest BCUT2D eigenvalue weighted by atomic mass is 16.5. The van der Waals surface area contributed by atoms with Gasteiger partial charge in [0.1, 0.15) is 11.8 Å². The minimum atomic E-state index is -0.954. The number of carbonyl (C=O) groups is 3. The zero-order chi connectivity index (χ0) is 24.3. The molecule has 1 aromatic heterocycles. The number of aryl methyl sites for hydroxylation is 1. The smallest absolute Gasteiger partial charge is 0.262 e. The predicted octanol–water partition coefficient (Wildman–Crippen LogP) is 4.30. The van der Waals surface area contributed by atoms with Gasteiger partial charge in [0.25, 0.3) is 17.7 Å². The minimum Gasteiger partial charge on any atom is -0.496 e. The number of aromatic nitrogens is 1. The number of β-lactam (4-membered cyclic amide) rings is 1. The van der Waals surface area contributed by atoms with E-state index in [9.17, 15) is 14.4 Å². The number of amides is 3. The summed E-state index contributed by atoms with van der Waals surface area (Å²) in [6.45, 7) is 1.97. The number of pyridine rings is 1. The van der Waals surface area contributed by atoms with E-state index in [-0.39, 0.29) is 5.91 Å². The Hall–Kier alpha value is -4.52. The number of rotatable bonds is 4. The maximum atomic E-state index is 13.8. The number of ether oxygens (including phenoxy) is 1. The van der Waals surface area contributed by atoms with Crippen molar-refractivity contribution < 1.29 is 19.1 Å². The van der Waals surface area contributed by atoms with Crippen LogP contribution in [0.15, 0.2) is 79.0 Å². The van der Waals surface area contributed by atoms with Crippen molar-refractivity contribution in [3.8, 4) is 5.75 Å². The van der Waals surface area contributed by atoms with Crippen LogP contribution in [0.3, 0.4) is 0 Å². The lowest BCUT2D eigenvalue weighted by Gasteiger charge is -2.50. The Balaban J connectivity index is 1.50. The van der Waals surface area contributed by atoms with Gasteiger partial charge in [-0.2, -0.15) is 0 Å². The Kier molecular flexibility index (Phi) is 4.67. The summed E-state index contributed by atoms with van der Waals surface area (Å²) in [7, 11) is 1.59. The molecular weight excluding hydrogens is 442 g/mol. The largest absolute Gasteiger partial charge is 0.496 e. The number of hydrogen-bond acceptors (Lipinski definition) is 5. The van der Waals surface area contributed by atoms with Crippen LogP contribution < -0.4 is 9.64 Å². The van der Waals surface area contributed by atoms with Crippen LogP contribution in [0.4, 0.5) is 5.69 Å². The lowest BCUT2D eigenvalue weighted by molar-refractivity contribution is -0.130. The van der Waals surface area contributed by atoms with Crippen LogP contribution in [0, 0.1) is 6.92 Å². The van der Waals surface area contributed by atoms with Crippen LogP contribution in [0.25, 0.3) is 10.9 Å². The van der Waals surface area contributed by atoms with Crippen molar-refractivity contribution in [2.45, 2.75) is 19.0 Å². The topological polar surface area (TPSA) is 79.8 Å². The Morgan fingerprint density at radius 1 is 0.800 bits per heavy atom. The molecule has 3 aromatic carbocycles. The molecule has 3 heterocycles. The molecule has 0 aliphatic carbocycles. The number of hydrogen-bond donors (Lipinski definition) is 0. The van der Waals surface area contributed by atoms with E-state index in [1.807, 2.05) is 43.3 Å². The van der Waals surface area contributed by atoms with Gasteiger partial charge in [0.05, 0.1) is 35.5 Å². The van der Waals surface area contributed by atoms with Gasteiger partial charge in [-0.25, -0.2) is 0 Å². The summed E-state index contributed by atoms with van der Waals surface area (Å²) in [5, 5.41) is 0.771. The molecule has 7 heteroatoms. The van der Waals surface area contributed by atoms with Crippen LogP contribution >= 0.6 is 0 Å². The summed E-state index contributed by atoms with van der Waals surface area (Å²) in [5.74, 6) is -0.574. The number of methoxy groups -OCH3 is 1. The van der Waals surface area contributed by atoms with Crippen LogP contribution in [0.5, 0.6) is 5.75 Å². The highest BCUT2D eigenvalue weighted by Crippen LogP contribution is 2.46. The number of imide groups is 1. The third-order valence-electron chi connectivity index (χ3n) is 6.74. The van der Waals surface area contributed by atoms with Gasteiger partial charge in [-0.05, 0) is 48.9 Å². The lowest BCUT2D eigenvalue weighted by Crippen LogP contribution is -2.67. The van der Waals surface area contributed by atoms with E-state index in [0.29, 0.717) is 28.1 Å². The third-order valence-corrected chi connectivity index (χ3v) is 6.74. The highest BCUT2D eigenvalue weighted by molar-refractivity contribution is 6.25. The molecule has 0 N–H and O–H groups in total. The maximum absolute atomic E-state index is 13.8. The molecule has 2 aliphatic rings. The van der Waals surface area contributed by atoms with Gasteiger partial charge in [-0.1, -0.05) is 42.0 Å². The van der Waals surface area contributed by atoms with Crippen molar-refractivity contribution in [1.82, 2.24) is 9.88 Å². The second-order valence-corrected chi connectivity index (χ2v) is 8.72. The number of carbonyl (C=O) groups excluding carboxylic acids is 3. The fraction of sp³-hybridized carbons (Fsp3) is 0.143. The molecular formula is C28H21N3O4. The molecule has 1 fully saturated rings. The molecule has 4 aromatic rings. The maximum Gasteiger partial charge on any atom is 0.262 e. The average molecular weight is 463 g/mol. The molecule has 0 unspecified atom stereocenters. The van der Waals surface area contributed by atoms with E-state index < -0.39 is 23.9 Å². The van der Waals surface area contributed by atoms with E-state index in [1.165, 1.54) is 0 Å². The number of anilines is 1. The van der Waals surface area contributed by atoms with Crippen molar-refractivity contribution in [3.05, 3.63) is 101 Å². The molecule has 6 rings (SSSR count). The summed E-state index contributed by atoms with van der Waals surface area (Å²) < 4.78 is 5.49. The van der Waals surface area contributed by atoms with Crippen LogP contribution in [-0.4, -0.2) is 40.8 Å². The minimum absolute atomic E-state index is 0.323. The molecule has 0 saturated carbocycles. The summed E-state index contributed by atoms with van der Waals surface area (Å²) in [4.78, 5) is 47.6. The normalized spacial score (nSPS) is 19.2. The summed E-state index contributed by atoms with van der Waals surface area (Å²) in [5.41, 5.74) is 3.71. The second kappa shape index (κ2) is 7.77. The zero-order valence-electron chi connectivity index (χ0n) is 19.1. The first kappa shape index (κ1) is 21.0. The monoisotopic (exact) mass is 463 g/mol. The molecule has 35 heavy (non-hydrogen) atoms. The standard InChI is InChI=1S/C28H21N3O4/c1-16-7-5-8-17(15-16)24-25(31-26(32)18-9-3-4-10-19(18)27(31)33)28(34)30(24)21-12-13-22(35-2)20-11-6-14-29-23(20)21/h3-15,24-25H,1-2H3/t24-,25-/m0/s1. The number of nitrogens with zero attached hydrogens (tertiary/aromatic N) is 3. The molecule has 7 nitrogen and oxygen atoms in total. The Bertz CT molecular complexity index is 1510. The summed E-state index contributed by atoms with van der Waals surface area (Å²) in [6, 6.07) is 20.3. The van der Waals surface area contributed by atoms with E-state index in [1.54, 1.807) is 54.6 Å². The van der Waals surface area contributed by atoms with Crippen molar-refractivity contribution in [1.29, 1.82) is 0 Å². The molecule has 2 aliphatic heterocycles. The van der Waals surface area contributed by atoms with Crippen LogP contribution in [0.1, 0.15) is 37.9 Å². The molecule has 3 amide bonds. The molecule has 0 radical (unpaired) electrons. The SMILES string of the molecule is COc1ccc(N2C(=O)[C@@H](N3C(=O)c4ccccc4C3=O)[C@@H]2c2cccc(C)c2)c2ncccc12. The Morgan fingerprint density at radius 3 is 2.23 bits per heavy atom. The number of benzene rings is 3. The van der Waals surface area contributed by atoms with E-state index in [4.69, 9.17) is 4.74 Å². The van der Waals surface area contributed by atoms with Gasteiger partial charge < -0.3 is 4.74 Å². The van der Waals surface area contributed by atoms with Gasteiger partial charge in [0.2, 0.25) is 0 Å². The van der Waals surface area contributed by atoms with Crippen molar-refractivity contribution in [3.63, 3.8) is 0 Å². The first-order valence-corrected chi connectivity index (χ1v) is 11.3. The van der Waals surface area contributed by atoms with E-state index in [2.05, 4.69) is 4.98 Å². The van der Waals surface area contributed by atoms with E-state index >= 15 is 0 Å². The van der Waals surface area contributed by atoms with Gasteiger partial charge >= 0.3 is 0 Å². The predicted molar refractivity (Wildman–Crippen MR) is 130 cm³/mol. The first-order valence-electron chi connectivity index (χ1n) is 11.3. The lowest BCUT2D eigenvalue weighted by atomic mass is 9.85. The molecule has 0 spiro atoms. The van der Waals surface area contributed by atoms with Gasteiger partial charge in [0.15, 0.2) is 0 Å². The van der Waals surface area contributed by atoms with Crippen LogP contribution in [0.2, 0.25) is 0 Å². The second-order valence-electron chi connectivity index (χ2n) is 8.72. The Labute approximate surface area is 201 Å². The third kappa shape index (κ3) is 2.98. The number of fused-ring (bicyclic) bond motifs is 2. The van der Waals surface area contributed by atoms with E-state index in [0.717, 1.165) is 21.4 Å². The van der Waals surface area contributed by atoms with Gasteiger partial charge in [-0.15, -0.1) is 0 Å². The molecule has 1 saturated heterocycles. The summed E-state index contributed by atoms with van der Waals surface area (Å²) >= 11 is 0. The van der Waals surface area contributed by atoms with Crippen molar-refractivity contribution >= 4 is 34.3 Å². The Morgan fingerprint density at radius 2 is 1.54 bits per heavy atom. The highest BCUT2D eigenvalue weighted by Gasteiger charge is 2.57. The first-order chi connectivity index (χ1) is 17.0. The molecule has 2 atom stereocenters.